The first-order valence-electron chi connectivity index (χ1n) is 5.68. The summed E-state index contributed by atoms with van der Waals surface area (Å²) in [6, 6.07) is 5.44. The monoisotopic (exact) mass is 266 g/mol. The second-order valence-electron chi connectivity index (χ2n) is 4.24. The summed E-state index contributed by atoms with van der Waals surface area (Å²) in [6.45, 7) is 5.84. The molecule has 0 bridgehead atoms. The van der Waals surface area contributed by atoms with E-state index < -0.39 is 6.03 Å². The summed E-state index contributed by atoms with van der Waals surface area (Å²) < 4.78 is 0. The predicted molar refractivity (Wildman–Crippen MR) is 74.4 cm³/mol. The summed E-state index contributed by atoms with van der Waals surface area (Å²) >= 11 is 1.48. The number of benzene rings is 1. The lowest BCUT2D eigenvalue weighted by Crippen LogP contribution is -2.39. The lowest BCUT2D eigenvalue weighted by molar-refractivity contribution is -0.119. The fraction of sp³-hybridized carbons (Fsp3) is 0.385. The second-order valence-corrected chi connectivity index (χ2v) is 5.57. The largest absolute Gasteiger partial charge is 0.351 e. The molecule has 5 heteroatoms. The maximum atomic E-state index is 11.5. The number of carbonyl (C=O) groups excluding carboxylic acids is 2. The van der Waals surface area contributed by atoms with Crippen LogP contribution in [0, 0.1) is 13.8 Å². The molecule has 1 rings (SSSR count). The van der Waals surface area contributed by atoms with E-state index in [1.165, 1.54) is 28.5 Å². The lowest BCUT2D eigenvalue weighted by Gasteiger charge is -2.11. The zero-order chi connectivity index (χ0) is 13.7. The first kappa shape index (κ1) is 14.6. The fourth-order valence-corrected chi connectivity index (χ4v) is 2.42. The molecule has 1 atom stereocenters. The summed E-state index contributed by atoms with van der Waals surface area (Å²) in [5, 5.41) is 1.78. The van der Waals surface area contributed by atoms with Crippen molar-refractivity contribution >= 4 is 23.7 Å². The Labute approximate surface area is 111 Å². The average molecular weight is 266 g/mol. The van der Waals surface area contributed by atoms with Crippen LogP contribution in [0.25, 0.3) is 0 Å². The Morgan fingerprint density at radius 2 is 2.06 bits per heavy atom. The molecule has 3 N–H and O–H groups in total. The Morgan fingerprint density at radius 1 is 1.39 bits per heavy atom. The quantitative estimate of drug-likeness (QED) is 0.876. The van der Waals surface area contributed by atoms with Gasteiger partial charge in [-0.3, -0.25) is 10.1 Å². The van der Waals surface area contributed by atoms with E-state index in [4.69, 9.17) is 5.73 Å². The highest BCUT2D eigenvalue weighted by molar-refractivity contribution is 7.99. The Bertz CT molecular complexity index is 460. The molecule has 1 aromatic rings. The molecule has 0 aliphatic heterocycles. The number of primary amides is 1. The minimum absolute atomic E-state index is 0.308. The molecule has 0 radical (unpaired) electrons. The fourth-order valence-electron chi connectivity index (χ4n) is 1.47. The van der Waals surface area contributed by atoms with Crippen molar-refractivity contribution in [3.05, 3.63) is 34.9 Å². The molecule has 18 heavy (non-hydrogen) atoms. The van der Waals surface area contributed by atoms with E-state index in [0.717, 1.165) is 5.75 Å². The number of carbonyl (C=O) groups is 2. The standard InChI is InChI=1S/C13H18N2O2S/c1-8-4-5-9(2)11(6-8)7-18-10(3)12(16)15-13(14)17/h4-6,10H,7H2,1-3H3,(H3,14,15,16,17)/t10-/m0/s1. The predicted octanol–water partition coefficient (Wildman–Crippen LogP) is 2.12. The molecule has 0 fully saturated rings. The van der Waals surface area contributed by atoms with Crippen LogP contribution in [0.5, 0.6) is 0 Å². The third kappa shape index (κ3) is 4.41. The molecule has 0 saturated carbocycles. The molecule has 0 heterocycles. The zero-order valence-electron chi connectivity index (χ0n) is 10.8. The van der Waals surface area contributed by atoms with Gasteiger partial charge < -0.3 is 5.73 Å². The van der Waals surface area contributed by atoms with E-state index in [1.54, 1.807) is 6.92 Å². The summed E-state index contributed by atoms with van der Waals surface area (Å²) in [5.74, 6) is 0.388. The number of amides is 3. The first-order chi connectivity index (χ1) is 8.40. The normalized spacial score (nSPS) is 11.9. The van der Waals surface area contributed by atoms with Gasteiger partial charge in [0.05, 0.1) is 5.25 Å². The van der Waals surface area contributed by atoms with Crippen molar-refractivity contribution in [1.29, 1.82) is 0 Å². The third-order valence-corrected chi connectivity index (χ3v) is 3.80. The van der Waals surface area contributed by atoms with Gasteiger partial charge in [0.15, 0.2) is 0 Å². The van der Waals surface area contributed by atoms with Gasteiger partial charge in [-0.25, -0.2) is 4.79 Å². The van der Waals surface area contributed by atoms with Crippen LogP contribution in [0.1, 0.15) is 23.6 Å². The molecule has 98 valence electrons. The molecule has 3 amide bonds. The SMILES string of the molecule is Cc1ccc(C)c(CS[C@@H](C)C(=O)NC(N)=O)c1. The smallest absolute Gasteiger partial charge is 0.318 e. The van der Waals surface area contributed by atoms with Crippen molar-refractivity contribution in [2.45, 2.75) is 31.8 Å². The molecule has 0 unspecified atom stereocenters. The van der Waals surface area contributed by atoms with Crippen molar-refractivity contribution in [2.24, 2.45) is 5.73 Å². The van der Waals surface area contributed by atoms with Crippen LogP contribution < -0.4 is 11.1 Å². The van der Waals surface area contributed by atoms with E-state index >= 15 is 0 Å². The van der Waals surface area contributed by atoms with Gasteiger partial charge in [0.1, 0.15) is 0 Å². The van der Waals surface area contributed by atoms with Gasteiger partial charge in [-0.15, -0.1) is 11.8 Å². The highest BCUT2D eigenvalue weighted by atomic mass is 32.2. The summed E-state index contributed by atoms with van der Waals surface area (Å²) in [4.78, 5) is 22.1. The van der Waals surface area contributed by atoms with E-state index in [1.807, 2.05) is 13.8 Å². The van der Waals surface area contributed by atoms with Gasteiger partial charge >= 0.3 is 6.03 Å². The van der Waals surface area contributed by atoms with Gasteiger partial charge in [-0.05, 0) is 31.9 Å². The van der Waals surface area contributed by atoms with Gasteiger partial charge in [0, 0.05) is 5.75 Å². The molecular formula is C13H18N2O2S. The Hall–Kier alpha value is -1.49. The maximum absolute atomic E-state index is 11.5. The van der Waals surface area contributed by atoms with Crippen LogP contribution >= 0.6 is 11.8 Å². The summed E-state index contributed by atoms with van der Waals surface area (Å²) in [7, 11) is 0. The Balaban J connectivity index is 2.57. The molecular weight excluding hydrogens is 248 g/mol. The number of urea groups is 1. The molecule has 0 aliphatic carbocycles. The topological polar surface area (TPSA) is 72.2 Å². The van der Waals surface area contributed by atoms with E-state index in [0.29, 0.717) is 0 Å². The number of thioether (sulfide) groups is 1. The van der Waals surface area contributed by atoms with E-state index in [2.05, 4.69) is 23.5 Å². The van der Waals surface area contributed by atoms with Crippen molar-refractivity contribution < 1.29 is 9.59 Å². The number of nitrogens with two attached hydrogens (primary N) is 1. The van der Waals surface area contributed by atoms with Crippen LogP contribution in [0.3, 0.4) is 0 Å². The highest BCUT2D eigenvalue weighted by Crippen LogP contribution is 2.21. The van der Waals surface area contributed by atoms with Gasteiger partial charge in [-0.2, -0.15) is 0 Å². The number of hydrogen-bond donors (Lipinski definition) is 2. The number of imide groups is 1. The van der Waals surface area contributed by atoms with Crippen LogP contribution in [0.15, 0.2) is 18.2 Å². The molecule has 1 aromatic carbocycles. The van der Waals surface area contributed by atoms with Crippen molar-refractivity contribution in [3.8, 4) is 0 Å². The number of nitrogens with one attached hydrogen (secondary N) is 1. The number of rotatable bonds is 4. The van der Waals surface area contributed by atoms with Gasteiger partial charge in [0.2, 0.25) is 5.91 Å². The zero-order valence-corrected chi connectivity index (χ0v) is 11.6. The van der Waals surface area contributed by atoms with Crippen molar-refractivity contribution in [2.75, 3.05) is 0 Å². The van der Waals surface area contributed by atoms with Crippen molar-refractivity contribution in [1.82, 2.24) is 5.32 Å². The van der Waals surface area contributed by atoms with E-state index in [9.17, 15) is 9.59 Å². The molecule has 0 saturated heterocycles. The van der Waals surface area contributed by atoms with E-state index in [-0.39, 0.29) is 11.2 Å². The summed E-state index contributed by atoms with van der Waals surface area (Å²) in [6.07, 6.45) is 0. The molecule has 4 nitrogen and oxygen atoms in total. The number of hydrogen-bond acceptors (Lipinski definition) is 3. The van der Waals surface area contributed by atoms with Crippen LogP contribution in [-0.4, -0.2) is 17.2 Å². The maximum Gasteiger partial charge on any atom is 0.318 e. The first-order valence-corrected chi connectivity index (χ1v) is 6.73. The minimum atomic E-state index is -0.806. The minimum Gasteiger partial charge on any atom is -0.351 e. The third-order valence-electron chi connectivity index (χ3n) is 2.61. The molecule has 0 spiro atoms. The highest BCUT2D eigenvalue weighted by Gasteiger charge is 2.15. The van der Waals surface area contributed by atoms with Crippen molar-refractivity contribution in [3.63, 3.8) is 0 Å². The lowest BCUT2D eigenvalue weighted by atomic mass is 10.1. The summed E-state index contributed by atoms with van der Waals surface area (Å²) in [5.41, 5.74) is 8.51. The average Bonchev–Trinajstić information content (AvgIpc) is 2.29. The Kier molecular flexibility index (Phi) is 5.22. The second kappa shape index (κ2) is 6.44. The number of aryl methyl sites for hydroxylation is 2. The Morgan fingerprint density at radius 3 is 2.67 bits per heavy atom. The van der Waals surface area contributed by atoms with Gasteiger partial charge in [0.25, 0.3) is 0 Å². The van der Waals surface area contributed by atoms with Crippen LogP contribution in [0.4, 0.5) is 4.79 Å². The molecule has 0 aromatic heterocycles. The van der Waals surface area contributed by atoms with Crippen LogP contribution in [0.2, 0.25) is 0 Å². The molecule has 0 aliphatic rings. The van der Waals surface area contributed by atoms with Gasteiger partial charge in [-0.1, -0.05) is 23.8 Å². The van der Waals surface area contributed by atoms with Crippen LogP contribution in [-0.2, 0) is 10.5 Å².